The Morgan fingerprint density at radius 1 is 1.33 bits per heavy atom. The second-order valence-corrected chi connectivity index (χ2v) is 4.60. The average molecular weight is 287 g/mol. The fourth-order valence-corrected chi connectivity index (χ4v) is 1.83. The third kappa shape index (κ3) is 4.00. The number of rotatable bonds is 6. The minimum absolute atomic E-state index is 0.0339. The molecule has 110 valence electrons. The summed E-state index contributed by atoms with van der Waals surface area (Å²) < 4.78 is 5.32. The number of hydrogen-bond donors (Lipinski definition) is 1. The summed E-state index contributed by atoms with van der Waals surface area (Å²) in [4.78, 5) is 14.7. The van der Waals surface area contributed by atoms with Crippen molar-refractivity contribution in [1.29, 1.82) is 0 Å². The van der Waals surface area contributed by atoms with Crippen molar-refractivity contribution in [1.82, 2.24) is 4.98 Å². The molecule has 0 spiro atoms. The molecule has 0 aliphatic heterocycles. The molecule has 0 aliphatic carbocycles. The molecule has 6 nitrogen and oxygen atoms in total. The number of nitrogens with zero attached hydrogens (tertiary/aromatic N) is 2. The summed E-state index contributed by atoms with van der Waals surface area (Å²) in [5, 5.41) is 14.0. The van der Waals surface area contributed by atoms with Gasteiger partial charge in [-0.05, 0) is 37.1 Å². The molecule has 21 heavy (non-hydrogen) atoms. The number of aromatic nitrogens is 1. The van der Waals surface area contributed by atoms with Crippen LogP contribution in [0.2, 0.25) is 0 Å². The van der Waals surface area contributed by atoms with Gasteiger partial charge in [0.2, 0.25) is 5.82 Å². The molecule has 2 rings (SSSR count). The zero-order chi connectivity index (χ0) is 15.2. The molecule has 6 heteroatoms. The van der Waals surface area contributed by atoms with Gasteiger partial charge in [-0.1, -0.05) is 12.1 Å². The van der Waals surface area contributed by atoms with Crippen LogP contribution in [0.25, 0.3) is 0 Å². The van der Waals surface area contributed by atoms with E-state index >= 15 is 0 Å². The summed E-state index contributed by atoms with van der Waals surface area (Å²) in [6, 6.07) is 9.02. The molecule has 0 unspecified atom stereocenters. The Kier molecular flexibility index (Phi) is 4.84. The van der Waals surface area contributed by atoms with Gasteiger partial charge >= 0.3 is 5.69 Å². The van der Waals surface area contributed by atoms with Gasteiger partial charge in [0.1, 0.15) is 0 Å². The first-order valence-electron chi connectivity index (χ1n) is 6.65. The van der Waals surface area contributed by atoms with Crippen LogP contribution in [0.3, 0.4) is 0 Å². The lowest BCUT2D eigenvalue weighted by molar-refractivity contribution is -0.384. The summed E-state index contributed by atoms with van der Waals surface area (Å²) in [6.45, 7) is 4.93. The minimum atomic E-state index is -0.439. The van der Waals surface area contributed by atoms with Gasteiger partial charge < -0.3 is 10.1 Å². The number of nitrogens with one attached hydrogen (secondary N) is 1. The molecule has 1 heterocycles. The van der Waals surface area contributed by atoms with Gasteiger partial charge in [-0.3, -0.25) is 10.1 Å². The van der Waals surface area contributed by atoms with Gasteiger partial charge in [-0.15, -0.1) is 0 Å². The molecule has 1 aromatic heterocycles. The molecule has 0 saturated carbocycles. The molecule has 0 amide bonds. The van der Waals surface area contributed by atoms with Crippen LogP contribution >= 0.6 is 0 Å². The predicted molar refractivity (Wildman–Crippen MR) is 80.7 cm³/mol. The van der Waals surface area contributed by atoms with E-state index < -0.39 is 4.92 Å². The summed E-state index contributed by atoms with van der Waals surface area (Å²) >= 11 is 0. The summed E-state index contributed by atoms with van der Waals surface area (Å²) in [7, 11) is 0. The van der Waals surface area contributed by atoms with Crippen LogP contribution in [0.15, 0.2) is 36.5 Å². The number of nitro groups is 1. The van der Waals surface area contributed by atoms with E-state index in [-0.39, 0.29) is 11.5 Å². The number of aryl methyl sites for hydroxylation is 1. The molecule has 2 aromatic rings. The van der Waals surface area contributed by atoms with E-state index in [2.05, 4.69) is 10.3 Å². The quantitative estimate of drug-likeness (QED) is 0.649. The average Bonchev–Trinajstić information content (AvgIpc) is 2.48. The Morgan fingerprint density at radius 2 is 2.05 bits per heavy atom. The van der Waals surface area contributed by atoms with E-state index in [4.69, 9.17) is 4.74 Å². The van der Waals surface area contributed by atoms with Crippen LogP contribution in [0, 0.1) is 17.0 Å². The Hall–Kier alpha value is -2.47. The lowest BCUT2D eigenvalue weighted by Gasteiger charge is -2.08. The zero-order valence-electron chi connectivity index (χ0n) is 12.0. The van der Waals surface area contributed by atoms with E-state index in [1.807, 2.05) is 31.2 Å². The number of ether oxygens (including phenoxy) is 1. The van der Waals surface area contributed by atoms with Gasteiger partial charge in [0.15, 0.2) is 0 Å². The first-order valence-corrected chi connectivity index (χ1v) is 6.65. The lowest BCUT2D eigenvalue weighted by Crippen LogP contribution is -2.00. The second-order valence-electron chi connectivity index (χ2n) is 4.60. The number of benzene rings is 1. The van der Waals surface area contributed by atoms with E-state index in [0.29, 0.717) is 13.2 Å². The van der Waals surface area contributed by atoms with Crippen molar-refractivity contribution in [3.63, 3.8) is 0 Å². The highest BCUT2D eigenvalue weighted by atomic mass is 16.6. The summed E-state index contributed by atoms with van der Waals surface area (Å²) in [5.41, 5.74) is 2.51. The Balaban J connectivity index is 2.16. The molecule has 0 radical (unpaired) electrons. The minimum Gasteiger partial charge on any atom is -0.377 e. The van der Waals surface area contributed by atoms with Gasteiger partial charge in [0, 0.05) is 24.6 Å². The third-order valence-electron chi connectivity index (χ3n) is 2.89. The van der Waals surface area contributed by atoms with Crippen molar-refractivity contribution >= 4 is 17.2 Å². The SMILES string of the molecule is CCOCc1ccc(Nc2ncc(C)cc2[N+](=O)[O-])cc1. The van der Waals surface area contributed by atoms with Crippen molar-refractivity contribution < 1.29 is 9.66 Å². The fraction of sp³-hybridized carbons (Fsp3) is 0.267. The monoisotopic (exact) mass is 287 g/mol. The third-order valence-corrected chi connectivity index (χ3v) is 2.89. The van der Waals surface area contributed by atoms with Gasteiger partial charge in [0.25, 0.3) is 0 Å². The largest absolute Gasteiger partial charge is 0.377 e. The van der Waals surface area contributed by atoms with E-state index in [9.17, 15) is 10.1 Å². The highest BCUT2D eigenvalue weighted by Crippen LogP contribution is 2.26. The van der Waals surface area contributed by atoms with Crippen LogP contribution in [-0.2, 0) is 11.3 Å². The van der Waals surface area contributed by atoms with Gasteiger partial charge in [0.05, 0.1) is 11.5 Å². The summed E-state index contributed by atoms with van der Waals surface area (Å²) in [5.74, 6) is 0.239. The lowest BCUT2D eigenvalue weighted by atomic mass is 10.2. The molecule has 0 bridgehead atoms. The van der Waals surface area contributed by atoms with Crippen LogP contribution in [-0.4, -0.2) is 16.5 Å². The maximum absolute atomic E-state index is 11.0. The molecule has 0 aliphatic rings. The molecular weight excluding hydrogens is 270 g/mol. The van der Waals surface area contributed by atoms with Crippen LogP contribution < -0.4 is 5.32 Å². The normalized spacial score (nSPS) is 10.4. The number of pyridine rings is 1. The van der Waals surface area contributed by atoms with Crippen LogP contribution in [0.1, 0.15) is 18.1 Å². The van der Waals surface area contributed by atoms with E-state index in [1.165, 1.54) is 6.07 Å². The van der Waals surface area contributed by atoms with E-state index in [0.717, 1.165) is 16.8 Å². The second kappa shape index (κ2) is 6.81. The fourth-order valence-electron chi connectivity index (χ4n) is 1.83. The Bertz CT molecular complexity index is 627. The Labute approximate surface area is 122 Å². The first-order chi connectivity index (χ1) is 10.1. The number of hydrogen-bond acceptors (Lipinski definition) is 5. The highest BCUT2D eigenvalue weighted by molar-refractivity contribution is 5.65. The maximum Gasteiger partial charge on any atom is 0.311 e. The molecule has 1 N–H and O–H groups in total. The maximum atomic E-state index is 11.0. The smallest absolute Gasteiger partial charge is 0.311 e. The predicted octanol–water partition coefficient (Wildman–Crippen LogP) is 3.58. The van der Waals surface area contributed by atoms with Crippen molar-refractivity contribution in [2.24, 2.45) is 0 Å². The van der Waals surface area contributed by atoms with Crippen molar-refractivity contribution in [2.45, 2.75) is 20.5 Å². The topological polar surface area (TPSA) is 77.3 Å². The highest BCUT2D eigenvalue weighted by Gasteiger charge is 2.15. The molecule has 0 saturated heterocycles. The Morgan fingerprint density at radius 3 is 2.67 bits per heavy atom. The van der Waals surface area contributed by atoms with Crippen molar-refractivity contribution in [3.05, 3.63) is 57.8 Å². The van der Waals surface area contributed by atoms with Crippen LogP contribution in [0.5, 0.6) is 0 Å². The van der Waals surface area contributed by atoms with Crippen molar-refractivity contribution in [3.8, 4) is 0 Å². The zero-order valence-corrected chi connectivity index (χ0v) is 12.0. The molecular formula is C15H17N3O3. The van der Waals surface area contributed by atoms with Gasteiger partial charge in [-0.2, -0.15) is 0 Å². The van der Waals surface area contributed by atoms with E-state index in [1.54, 1.807) is 13.1 Å². The number of anilines is 2. The van der Waals surface area contributed by atoms with Gasteiger partial charge in [-0.25, -0.2) is 4.98 Å². The standard InChI is InChI=1S/C15H17N3O3/c1-3-21-10-12-4-6-13(7-5-12)17-15-14(18(19)20)8-11(2)9-16-15/h4-9H,3,10H2,1-2H3,(H,16,17). The molecule has 1 aromatic carbocycles. The van der Waals surface area contributed by atoms with Crippen LogP contribution in [0.4, 0.5) is 17.2 Å². The first kappa shape index (κ1) is 14.9. The molecule has 0 fully saturated rings. The summed E-state index contributed by atoms with van der Waals surface area (Å²) in [6.07, 6.45) is 1.60. The van der Waals surface area contributed by atoms with Crippen molar-refractivity contribution in [2.75, 3.05) is 11.9 Å². The molecule has 0 atom stereocenters.